The highest BCUT2D eigenvalue weighted by atomic mass is 16.2. The fraction of sp³-hybridized carbons (Fsp3) is 0.929. The Kier molecular flexibility index (Phi) is 4.08. The van der Waals surface area contributed by atoms with E-state index in [0.29, 0.717) is 12.5 Å². The summed E-state index contributed by atoms with van der Waals surface area (Å²) in [6.45, 7) is 2.68. The van der Waals surface area contributed by atoms with E-state index in [0.717, 1.165) is 12.8 Å². The monoisotopic (exact) mass is 238 g/mol. The molecule has 0 aliphatic heterocycles. The molecule has 1 unspecified atom stereocenters. The average Bonchev–Trinajstić information content (AvgIpc) is 3.15. The van der Waals surface area contributed by atoms with Crippen molar-refractivity contribution in [3.63, 3.8) is 0 Å². The van der Waals surface area contributed by atoms with E-state index in [1.807, 2.05) is 0 Å². The molecule has 3 heteroatoms. The van der Waals surface area contributed by atoms with Crippen molar-refractivity contribution in [1.82, 2.24) is 5.32 Å². The summed E-state index contributed by atoms with van der Waals surface area (Å²) >= 11 is 0. The van der Waals surface area contributed by atoms with Crippen LogP contribution in [-0.4, -0.2) is 18.0 Å². The van der Waals surface area contributed by atoms with Gasteiger partial charge in [-0.05, 0) is 38.5 Å². The Bertz CT molecular complexity index is 267. The zero-order valence-corrected chi connectivity index (χ0v) is 11.0. The summed E-state index contributed by atoms with van der Waals surface area (Å²) in [4.78, 5) is 12.3. The van der Waals surface area contributed by atoms with Crippen LogP contribution in [0.5, 0.6) is 0 Å². The molecule has 0 spiro atoms. The molecule has 0 aromatic rings. The SMILES string of the molecule is CC(CN)(NC(=O)C1CCCCCC1)C1CC1. The maximum Gasteiger partial charge on any atom is 0.223 e. The highest BCUT2D eigenvalue weighted by Gasteiger charge is 2.42. The second kappa shape index (κ2) is 5.38. The first-order valence-corrected chi connectivity index (χ1v) is 7.18. The number of rotatable bonds is 4. The van der Waals surface area contributed by atoms with Crippen molar-refractivity contribution >= 4 is 5.91 Å². The summed E-state index contributed by atoms with van der Waals surface area (Å²) in [5.41, 5.74) is 5.69. The van der Waals surface area contributed by atoms with Crippen LogP contribution in [0.1, 0.15) is 58.3 Å². The van der Waals surface area contributed by atoms with E-state index in [2.05, 4.69) is 12.2 Å². The lowest BCUT2D eigenvalue weighted by Gasteiger charge is -2.31. The van der Waals surface area contributed by atoms with Gasteiger partial charge >= 0.3 is 0 Å². The van der Waals surface area contributed by atoms with Crippen molar-refractivity contribution < 1.29 is 4.79 Å². The predicted molar refractivity (Wildman–Crippen MR) is 69.5 cm³/mol. The molecule has 0 radical (unpaired) electrons. The van der Waals surface area contributed by atoms with Crippen molar-refractivity contribution in [2.45, 2.75) is 63.8 Å². The molecule has 1 amide bonds. The van der Waals surface area contributed by atoms with Crippen LogP contribution in [-0.2, 0) is 4.79 Å². The van der Waals surface area contributed by atoms with E-state index in [4.69, 9.17) is 5.73 Å². The smallest absolute Gasteiger partial charge is 0.223 e. The number of carbonyl (C=O) groups excluding carboxylic acids is 1. The van der Waals surface area contributed by atoms with Gasteiger partial charge in [0.05, 0.1) is 5.54 Å². The van der Waals surface area contributed by atoms with E-state index < -0.39 is 0 Å². The molecule has 3 nitrogen and oxygen atoms in total. The molecular formula is C14H26N2O. The van der Waals surface area contributed by atoms with Crippen LogP contribution in [0.2, 0.25) is 0 Å². The van der Waals surface area contributed by atoms with Gasteiger partial charge in [-0.3, -0.25) is 4.79 Å². The van der Waals surface area contributed by atoms with Gasteiger partial charge in [-0.2, -0.15) is 0 Å². The molecule has 3 N–H and O–H groups in total. The highest BCUT2D eigenvalue weighted by molar-refractivity contribution is 5.79. The summed E-state index contributed by atoms with van der Waals surface area (Å²) in [5.74, 6) is 1.11. The van der Waals surface area contributed by atoms with Gasteiger partial charge in [-0.25, -0.2) is 0 Å². The number of hydrogen-bond donors (Lipinski definition) is 2. The Morgan fingerprint density at radius 2 is 1.76 bits per heavy atom. The minimum atomic E-state index is -0.149. The van der Waals surface area contributed by atoms with Crippen molar-refractivity contribution in [3.05, 3.63) is 0 Å². The Labute approximate surface area is 105 Å². The lowest BCUT2D eigenvalue weighted by molar-refractivity contribution is -0.127. The Morgan fingerprint density at radius 3 is 2.24 bits per heavy atom. The van der Waals surface area contributed by atoms with Crippen LogP contribution in [0.15, 0.2) is 0 Å². The number of hydrogen-bond acceptors (Lipinski definition) is 2. The third-order valence-electron chi connectivity index (χ3n) is 4.54. The van der Waals surface area contributed by atoms with Gasteiger partial charge in [0.1, 0.15) is 0 Å². The van der Waals surface area contributed by atoms with Crippen molar-refractivity contribution in [2.24, 2.45) is 17.6 Å². The molecule has 2 saturated carbocycles. The second-order valence-corrected chi connectivity index (χ2v) is 6.07. The first kappa shape index (κ1) is 12.9. The van der Waals surface area contributed by atoms with Crippen molar-refractivity contribution in [1.29, 1.82) is 0 Å². The molecule has 2 aliphatic carbocycles. The Hall–Kier alpha value is -0.570. The lowest BCUT2D eigenvalue weighted by atomic mass is 9.92. The normalized spacial score (nSPS) is 26.0. The maximum atomic E-state index is 12.3. The minimum absolute atomic E-state index is 0.149. The summed E-state index contributed by atoms with van der Waals surface area (Å²) in [6, 6.07) is 0. The van der Waals surface area contributed by atoms with Crippen LogP contribution in [0.25, 0.3) is 0 Å². The molecule has 0 heterocycles. The minimum Gasteiger partial charge on any atom is -0.349 e. The number of nitrogens with two attached hydrogens (primary N) is 1. The van der Waals surface area contributed by atoms with Crippen LogP contribution in [0, 0.1) is 11.8 Å². The molecule has 0 saturated heterocycles. The fourth-order valence-corrected chi connectivity index (χ4v) is 2.97. The lowest BCUT2D eigenvalue weighted by Crippen LogP contribution is -2.54. The molecule has 0 bridgehead atoms. The van der Waals surface area contributed by atoms with Gasteiger partial charge in [0.25, 0.3) is 0 Å². The van der Waals surface area contributed by atoms with Crippen LogP contribution in [0.3, 0.4) is 0 Å². The third-order valence-corrected chi connectivity index (χ3v) is 4.54. The summed E-state index contributed by atoms with van der Waals surface area (Å²) in [7, 11) is 0. The summed E-state index contributed by atoms with van der Waals surface area (Å²) in [6.07, 6.45) is 9.58. The molecule has 0 aromatic heterocycles. The quantitative estimate of drug-likeness (QED) is 0.738. The average molecular weight is 238 g/mol. The van der Waals surface area contributed by atoms with Gasteiger partial charge in [0, 0.05) is 12.5 Å². The van der Waals surface area contributed by atoms with Gasteiger partial charge < -0.3 is 11.1 Å². The molecular weight excluding hydrogens is 212 g/mol. The van der Waals surface area contributed by atoms with Crippen LogP contribution in [0.4, 0.5) is 0 Å². The third kappa shape index (κ3) is 3.21. The van der Waals surface area contributed by atoms with Gasteiger partial charge in [-0.15, -0.1) is 0 Å². The molecule has 2 rings (SSSR count). The van der Waals surface area contributed by atoms with E-state index >= 15 is 0 Å². The van der Waals surface area contributed by atoms with Gasteiger partial charge in [0.2, 0.25) is 5.91 Å². The fourth-order valence-electron chi connectivity index (χ4n) is 2.97. The van der Waals surface area contributed by atoms with E-state index in [1.165, 1.54) is 38.5 Å². The van der Waals surface area contributed by atoms with E-state index in [-0.39, 0.29) is 17.4 Å². The Balaban J connectivity index is 1.90. The zero-order chi connectivity index (χ0) is 12.3. The topological polar surface area (TPSA) is 55.1 Å². The summed E-state index contributed by atoms with van der Waals surface area (Å²) in [5, 5.41) is 3.24. The largest absolute Gasteiger partial charge is 0.349 e. The number of carbonyl (C=O) groups is 1. The molecule has 1 atom stereocenters. The maximum absolute atomic E-state index is 12.3. The standard InChI is InChI=1S/C14H26N2O/c1-14(10-15,12-8-9-12)16-13(17)11-6-4-2-3-5-7-11/h11-12H,2-10,15H2,1H3,(H,16,17). The molecule has 17 heavy (non-hydrogen) atoms. The first-order valence-electron chi connectivity index (χ1n) is 7.18. The number of amides is 1. The van der Waals surface area contributed by atoms with Crippen LogP contribution >= 0.6 is 0 Å². The molecule has 2 fully saturated rings. The van der Waals surface area contributed by atoms with Gasteiger partial charge in [-0.1, -0.05) is 25.7 Å². The van der Waals surface area contributed by atoms with Crippen LogP contribution < -0.4 is 11.1 Å². The second-order valence-electron chi connectivity index (χ2n) is 6.07. The van der Waals surface area contributed by atoms with E-state index in [1.54, 1.807) is 0 Å². The summed E-state index contributed by atoms with van der Waals surface area (Å²) < 4.78 is 0. The van der Waals surface area contributed by atoms with Crippen molar-refractivity contribution in [3.8, 4) is 0 Å². The highest BCUT2D eigenvalue weighted by Crippen LogP contribution is 2.39. The zero-order valence-electron chi connectivity index (χ0n) is 11.0. The van der Waals surface area contributed by atoms with Gasteiger partial charge in [0.15, 0.2) is 0 Å². The molecule has 98 valence electrons. The predicted octanol–water partition coefficient (Wildman–Crippen LogP) is 2.20. The molecule has 2 aliphatic rings. The first-order chi connectivity index (χ1) is 8.15. The van der Waals surface area contributed by atoms with E-state index in [9.17, 15) is 4.79 Å². The molecule has 0 aromatic carbocycles. The van der Waals surface area contributed by atoms with Crippen molar-refractivity contribution in [2.75, 3.05) is 6.54 Å². The Morgan fingerprint density at radius 1 is 1.18 bits per heavy atom. The number of nitrogens with one attached hydrogen (secondary N) is 1.